The second-order valence-corrected chi connectivity index (χ2v) is 7.65. The molecule has 2 heterocycles. The Morgan fingerprint density at radius 1 is 0.939 bits per heavy atom. The Balaban J connectivity index is 1.73. The van der Waals surface area contributed by atoms with Crippen LogP contribution in [0.25, 0.3) is 33.3 Å². The standard InChI is InChI=1S/C25H23N5O3/c1-32-20-11-16-19(12-21(20)33-2)30-25(31)22(24-28-17-5-3-4-6-18(17)29-24)23(16)27-13-14-7-9-15(26)10-8-14/h3-12H,13,26H2,1-2H3,(H,28,29)(H2,27,30,31). The van der Waals surface area contributed by atoms with E-state index in [1.165, 1.54) is 0 Å². The number of imidazole rings is 1. The van der Waals surface area contributed by atoms with Gasteiger partial charge in [-0.15, -0.1) is 0 Å². The zero-order valence-corrected chi connectivity index (χ0v) is 18.2. The van der Waals surface area contributed by atoms with Gasteiger partial charge in [0.2, 0.25) is 0 Å². The number of pyridine rings is 1. The summed E-state index contributed by atoms with van der Waals surface area (Å²) >= 11 is 0. The summed E-state index contributed by atoms with van der Waals surface area (Å²) in [6, 6.07) is 18.9. The minimum absolute atomic E-state index is 0.270. The summed E-state index contributed by atoms with van der Waals surface area (Å²) in [4.78, 5) is 24.2. The lowest BCUT2D eigenvalue weighted by Crippen LogP contribution is -2.15. The molecular weight excluding hydrogens is 418 g/mol. The molecule has 0 bridgehead atoms. The van der Waals surface area contributed by atoms with Crippen LogP contribution in [-0.4, -0.2) is 29.2 Å². The number of nitrogens with one attached hydrogen (secondary N) is 3. The first-order chi connectivity index (χ1) is 16.1. The molecule has 166 valence electrons. The number of nitrogens with two attached hydrogens (primary N) is 1. The predicted molar refractivity (Wildman–Crippen MR) is 131 cm³/mol. The van der Waals surface area contributed by atoms with Crippen molar-refractivity contribution in [3.8, 4) is 22.9 Å². The van der Waals surface area contributed by atoms with E-state index in [-0.39, 0.29) is 5.56 Å². The van der Waals surface area contributed by atoms with Crippen molar-refractivity contribution in [2.24, 2.45) is 0 Å². The van der Waals surface area contributed by atoms with Gasteiger partial charge in [-0.25, -0.2) is 4.98 Å². The molecule has 0 unspecified atom stereocenters. The number of anilines is 2. The number of aromatic nitrogens is 3. The van der Waals surface area contributed by atoms with Crippen LogP contribution in [0.2, 0.25) is 0 Å². The van der Waals surface area contributed by atoms with Crippen molar-refractivity contribution in [1.29, 1.82) is 0 Å². The van der Waals surface area contributed by atoms with E-state index in [1.807, 2.05) is 54.6 Å². The summed E-state index contributed by atoms with van der Waals surface area (Å²) in [6.45, 7) is 0.487. The van der Waals surface area contributed by atoms with E-state index < -0.39 is 0 Å². The number of fused-ring (bicyclic) bond motifs is 2. The van der Waals surface area contributed by atoms with Gasteiger partial charge in [0.15, 0.2) is 11.5 Å². The average Bonchev–Trinajstić information content (AvgIpc) is 3.26. The number of methoxy groups -OCH3 is 2. The Morgan fingerprint density at radius 2 is 1.67 bits per heavy atom. The van der Waals surface area contributed by atoms with E-state index in [0.29, 0.717) is 46.3 Å². The molecule has 2 aromatic heterocycles. The van der Waals surface area contributed by atoms with Gasteiger partial charge < -0.3 is 30.5 Å². The molecule has 0 aliphatic heterocycles. The van der Waals surface area contributed by atoms with E-state index in [2.05, 4.69) is 20.3 Å². The third-order valence-corrected chi connectivity index (χ3v) is 5.59. The second kappa shape index (κ2) is 8.23. The lowest BCUT2D eigenvalue weighted by Gasteiger charge is -2.16. The largest absolute Gasteiger partial charge is 0.493 e. The zero-order valence-electron chi connectivity index (χ0n) is 18.2. The van der Waals surface area contributed by atoms with E-state index in [0.717, 1.165) is 22.0 Å². The highest BCUT2D eigenvalue weighted by atomic mass is 16.5. The molecule has 3 aromatic carbocycles. The van der Waals surface area contributed by atoms with Crippen LogP contribution in [0.15, 0.2) is 65.5 Å². The fourth-order valence-electron chi connectivity index (χ4n) is 3.93. The number of hydrogen-bond donors (Lipinski definition) is 4. The van der Waals surface area contributed by atoms with Crippen LogP contribution in [0.4, 0.5) is 11.4 Å². The van der Waals surface area contributed by atoms with Crippen LogP contribution in [0.5, 0.6) is 11.5 Å². The first-order valence-corrected chi connectivity index (χ1v) is 10.4. The minimum Gasteiger partial charge on any atom is -0.493 e. The van der Waals surface area contributed by atoms with Crippen LogP contribution < -0.4 is 26.1 Å². The second-order valence-electron chi connectivity index (χ2n) is 7.65. The average molecular weight is 441 g/mol. The Hall–Kier alpha value is -4.46. The van der Waals surface area contributed by atoms with E-state index in [1.54, 1.807) is 20.3 Å². The predicted octanol–water partition coefficient (Wildman–Crippen LogP) is 4.28. The number of hydrogen-bond acceptors (Lipinski definition) is 6. The molecule has 0 aliphatic carbocycles. The Kier molecular flexibility index (Phi) is 5.10. The van der Waals surface area contributed by atoms with E-state index in [9.17, 15) is 4.79 Å². The Morgan fingerprint density at radius 3 is 2.39 bits per heavy atom. The summed E-state index contributed by atoms with van der Waals surface area (Å²) in [5, 5.41) is 4.22. The van der Waals surface area contributed by atoms with Gasteiger partial charge in [0, 0.05) is 23.7 Å². The summed E-state index contributed by atoms with van der Waals surface area (Å²) < 4.78 is 10.9. The van der Waals surface area contributed by atoms with Crippen LogP contribution >= 0.6 is 0 Å². The molecule has 0 spiro atoms. The van der Waals surface area contributed by atoms with Crippen LogP contribution in [0, 0.1) is 0 Å². The van der Waals surface area contributed by atoms with Gasteiger partial charge >= 0.3 is 0 Å². The van der Waals surface area contributed by atoms with Gasteiger partial charge in [0.25, 0.3) is 5.56 Å². The van der Waals surface area contributed by atoms with Crippen LogP contribution in [0.1, 0.15) is 5.56 Å². The summed E-state index contributed by atoms with van der Waals surface area (Å²) in [5.41, 5.74) is 10.6. The molecule has 5 aromatic rings. The van der Waals surface area contributed by atoms with Gasteiger partial charge in [-0.2, -0.15) is 0 Å². The molecule has 0 saturated carbocycles. The van der Waals surface area contributed by atoms with Crippen molar-refractivity contribution in [2.45, 2.75) is 6.54 Å². The number of nitrogens with zero attached hydrogens (tertiary/aromatic N) is 1. The maximum atomic E-state index is 13.3. The number of rotatable bonds is 6. The number of aromatic amines is 2. The fraction of sp³-hybridized carbons (Fsp3) is 0.120. The highest BCUT2D eigenvalue weighted by Gasteiger charge is 2.20. The monoisotopic (exact) mass is 441 g/mol. The van der Waals surface area contributed by atoms with Crippen molar-refractivity contribution in [2.75, 3.05) is 25.3 Å². The molecule has 33 heavy (non-hydrogen) atoms. The number of nitrogen functional groups attached to an aromatic ring is 1. The Labute approximate surface area is 189 Å². The highest BCUT2D eigenvalue weighted by Crippen LogP contribution is 2.37. The highest BCUT2D eigenvalue weighted by molar-refractivity contribution is 6.00. The lowest BCUT2D eigenvalue weighted by molar-refractivity contribution is 0.356. The normalized spacial score (nSPS) is 11.1. The molecular formula is C25H23N5O3. The molecule has 0 amide bonds. The topological polar surface area (TPSA) is 118 Å². The van der Waals surface area contributed by atoms with Gasteiger partial charge in [0.05, 0.1) is 36.5 Å². The fourth-order valence-corrected chi connectivity index (χ4v) is 3.93. The van der Waals surface area contributed by atoms with Gasteiger partial charge in [-0.1, -0.05) is 24.3 Å². The molecule has 0 aliphatic rings. The van der Waals surface area contributed by atoms with Crippen molar-refractivity contribution < 1.29 is 9.47 Å². The number of para-hydroxylation sites is 2. The van der Waals surface area contributed by atoms with Crippen molar-refractivity contribution >= 4 is 33.3 Å². The lowest BCUT2D eigenvalue weighted by atomic mass is 10.1. The molecule has 5 rings (SSSR count). The smallest absolute Gasteiger partial charge is 0.261 e. The third kappa shape index (κ3) is 3.71. The molecule has 8 nitrogen and oxygen atoms in total. The molecule has 0 atom stereocenters. The maximum absolute atomic E-state index is 13.3. The molecule has 0 saturated heterocycles. The quantitative estimate of drug-likeness (QED) is 0.292. The van der Waals surface area contributed by atoms with Gasteiger partial charge in [0.1, 0.15) is 11.4 Å². The Bertz CT molecular complexity index is 1490. The maximum Gasteiger partial charge on any atom is 0.261 e. The zero-order chi connectivity index (χ0) is 22.9. The van der Waals surface area contributed by atoms with Crippen molar-refractivity contribution in [1.82, 2.24) is 15.0 Å². The van der Waals surface area contributed by atoms with Crippen LogP contribution in [0.3, 0.4) is 0 Å². The molecule has 8 heteroatoms. The van der Waals surface area contributed by atoms with Gasteiger partial charge in [-0.05, 0) is 35.9 Å². The number of H-pyrrole nitrogens is 2. The van der Waals surface area contributed by atoms with E-state index in [4.69, 9.17) is 15.2 Å². The van der Waals surface area contributed by atoms with Crippen molar-refractivity contribution in [3.05, 3.63) is 76.6 Å². The third-order valence-electron chi connectivity index (χ3n) is 5.59. The summed E-state index contributed by atoms with van der Waals surface area (Å²) in [7, 11) is 3.14. The molecule has 0 fully saturated rings. The number of ether oxygens (including phenoxy) is 2. The van der Waals surface area contributed by atoms with Gasteiger partial charge in [-0.3, -0.25) is 4.79 Å². The first-order valence-electron chi connectivity index (χ1n) is 10.4. The van der Waals surface area contributed by atoms with E-state index >= 15 is 0 Å². The first kappa shape index (κ1) is 20.4. The summed E-state index contributed by atoms with van der Waals surface area (Å²) in [5.74, 6) is 1.57. The number of benzene rings is 3. The molecule has 5 N–H and O–H groups in total. The van der Waals surface area contributed by atoms with Crippen LogP contribution in [-0.2, 0) is 6.54 Å². The SMILES string of the molecule is COc1cc2[nH]c(=O)c(-c3nc4ccccc4[nH]3)c(NCc3ccc(N)cc3)c2cc1OC. The van der Waals surface area contributed by atoms with Crippen molar-refractivity contribution in [3.63, 3.8) is 0 Å². The summed E-state index contributed by atoms with van der Waals surface area (Å²) in [6.07, 6.45) is 0. The molecule has 0 radical (unpaired) electrons. The minimum atomic E-state index is -0.270.